The Hall–Kier alpha value is -3.05. The molecule has 1 aliphatic rings. The molecule has 1 aliphatic heterocycles. The van der Waals surface area contributed by atoms with Gasteiger partial charge < -0.3 is 15.5 Å². The maximum Gasteiger partial charge on any atom is 0.227 e. The van der Waals surface area contributed by atoms with E-state index in [1.807, 2.05) is 66.7 Å². The highest BCUT2D eigenvalue weighted by Gasteiger charge is 2.25. The fourth-order valence-corrected chi connectivity index (χ4v) is 3.61. The standard InChI is InChI=1S/C23H23ClN4O/c24-18-6-11-22(25-16-18)28-14-12-17(13-15-28)23(29)27-21-9-7-20(8-10-21)26-19-4-2-1-3-5-19/h1-11,16-17,26H,12-15H2,(H,27,29). The van der Waals surface area contributed by atoms with Crippen LogP contribution >= 0.6 is 11.6 Å². The number of para-hydroxylation sites is 1. The first-order chi connectivity index (χ1) is 14.2. The monoisotopic (exact) mass is 406 g/mol. The molecule has 2 heterocycles. The number of rotatable bonds is 5. The number of carbonyl (C=O) groups excluding carboxylic acids is 1. The number of halogens is 1. The summed E-state index contributed by atoms with van der Waals surface area (Å²) < 4.78 is 0. The third-order valence-corrected chi connectivity index (χ3v) is 5.34. The zero-order valence-electron chi connectivity index (χ0n) is 16.0. The Kier molecular flexibility index (Phi) is 5.96. The van der Waals surface area contributed by atoms with Crippen LogP contribution in [0.25, 0.3) is 0 Å². The number of anilines is 4. The molecule has 2 N–H and O–H groups in total. The van der Waals surface area contributed by atoms with Crippen LogP contribution in [0, 0.1) is 5.92 Å². The second-order valence-corrected chi connectivity index (χ2v) is 7.59. The van der Waals surface area contributed by atoms with Gasteiger partial charge in [-0.25, -0.2) is 4.98 Å². The van der Waals surface area contributed by atoms with Crippen LogP contribution in [0.15, 0.2) is 72.9 Å². The number of piperidine rings is 1. The van der Waals surface area contributed by atoms with Gasteiger partial charge >= 0.3 is 0 Å². The van der Waals surface area contributed by atoms with Gasteiger partial charge in [-0.2, -0.15) is 0 Å². The molecular formula is C23H23ClN4O. The number of nitrogens with one attached hydrogen (secondary N) is 2. The summed E-state index contributed by atoms with van der Waals surface area (Å²) in [6.07, 6.45) is 3.28. The molecule has 1 amide bonds. The summed E-state index contributed by atoms with van der Waals surface area (Å²) in [5.41, 5.74) is 2.83. The molecule has 0 spiro atoms. The first kappa shape index (κ1) is 19.3. The van der Waals surface area contributed by atoms with Crippen LogP contribution in [-0.2, 0) is 4.79 Å². The van der Waals surface area contributed by atoms with Crippen molar-refractivity contribution in [2.24, 2.45) is 5.92 Å². The predicted molar refractivity (Wildman–Crippen MR) is 119 cm³/mol. The van der Waals surface area contributed by atoms with Crippen molar-refractivity contribution < 1.29 is 4.79 Å². The maximum absolute atomic E-state index is 12.7. The van der Waals surface area contributed by atoms with E-state index in [1.54, 1.807) is 6.20 Å². The minimum atomic E-state index is 0.0145. The molecule has 1 aromatic heterocycles. The van der Waals surface area contributed by atoms with Gasteiger partial charge in [0.15, 0.2) is 0 Å². The number of benzene rings is 2. The molecule has 1 fully saturated rings. The highest BCUT2D eigenvalue weighted by molar-refractivity contribution is 6.30. The quantitative estimate of drug-likeness (QED) is 0.601. The molecule has 3 aromatic rings. The van der Waals surface area contributed by atoms with Crippen LogP contribution in [0.4, 0.5) is 22.9 Å². The topological polar surface area (TPSA) is 57.3 Å². The van der Waals surface area contributed by atoms with Gasteiger partial charge in [0, 0.05) is 42.3 Å². The third-order valence-electron chi connectivity index (χ3n) is 5.12. The number of pyridine rings is 1. The molecule has 0 unspecified atom stereocenters. The van der Waals surface area contributed by atoms with E-state index in [0.717, 1.165) is 48.8 Å². The largest absolute Gasteiger partial charge is 0.357 e. The first-order valence-electron chi connectivity index (χ1n) is 9.77. The Morgan fingerprint density at radius 1 is 0.897 bits per heavy atom. The summed E-state index contributed by atoms with van der Waals surface area (Å²) in [6.45, 7) is 1.62. The number of hydrogen-bond acceptors (Lipinski definition) is 4. The van der Waals surface area contributed by atoms with E-state index in [-0.39, 0.29) is 11.8 Å². The molecule has 148 valence electrons. The highest BCUT2D eigenvalue weighted by Crippen LogP contribution is 2.24. The molecule has 1 saturated heterocycles. The van der Waals surface area contributed by atoms with E-state index in [4.69, 9.17) is 11.6 Å². The van der Waals surface area contributed by atoms with Gasteiger partial charge in [0.2, 0.25) is 5.91 Å². The Labute approximate surface area is 175 Å². The molecule has 29 heavy (non-hydrogen) atoms. The summed E-state index contributed by atoms with van der Waals surface area (Å²) in [7, 11) is 0. The molecular weight excluding hydrogens is 384 g/mol. The van der Waals surface area contributed by atoms with Crippen molar-refractivity contribution in [2.75, 3.05) is 28.6 Å². The van der Waals surface area contributed by atoms with Crippen LogP contribution in [0.1, 0.15) is 12.8 Å². The lowest BCUT2D eigenvalue weighted by atomic mass is 9.95. The van der Waals surface area contributed by atoms with Crippen molar-refractivity contribution in [1.29, 1.82) is 0 Å². The molecule has 5 nitrogen and oxygen atoms in total. The number of hydrogen-bond donors (Lipinski definition) is 2. The summed E-state index contributed by atoms with van der Waals surface area (Å²) in [4.78, 5) is 19.2. The number of nitrogens with zero attached hydrogens (tertiary/aromatic N) is 2. The zero-order chi connectivity index (χ0) is 20.1. The number of amides is 1. The minimum Gasteiger partial charge on any atom is -0.357 e. The van der Waals surface area contributed by atoms with Gasteiger partial charge in [-0.05, 0) is 61.4 Å². The molecule has 2 aromatic carbocycles. The summed E-state index contributed by atoms with van der Waals surface area (Å²) in [6, 6.07) is 21.6. The molecule has 0 atom stereocenters. The molecule has 0 aliphatic carbocycles. The SMILES string of the molecule is O=C(Nc1ccc(Nc2ccccc2)cc1)C1CCN(c2ccc(Cl)cn2)CC1. The van der Waals surface area contributed by atoms with Crippen molar-refractivity contribution in [3.8, 4) is 0 Å². The van der Waals surface area contributed by atoms with E-state index >= 15 is 0 Å². The average molecular weight is 407 g/mol. The predicted octanol–water partition coefficient (Wildman–Crippen LogP) is 5.33. The molecule has 0 radical (unpaired) electrons. The van der Waals surface area contributed by atoms with Crippen molar-refractivity contribution in [3.05, 3.63) is 77.9 Å². The molecule has 4 rings (SSSR count). The summed E-state index contributed by atoms with van der Waals surface area (Å²) >= 11 is 5.90. The lowest BCUT2D eigenvalue weighted by Crippen LogP contribution is -2.38. The van der Waals surface area contributed by atoms with E-state index in [2.05, 4.69) is 20.5 Å². The van der Waals surface area contributed by atoms with Gasteiger partial charge in [0.25, 0.3) is 0 Å². The molecule has 0 saturated carbocycles. The van der Waals surface area contributed by atoms with Crippen molar-refractivity contribution in [2.45, 2.75) is 12.8 Å². The van der Waals surface area contributed by atoms with Crippen LogP contribution in [0.5, 0.6) is 0 Å². The fourth-order valence-electron chi connectivity index (χ4n) is 3.50. The molecule has 6 heteroatoms. The maximum atomic E-state index is 12.7. The lowest BCUT2D eigenvalue weighted by Gasteiger charge is -2.32. The highest BCUT2D eigenvalue weighted by atomic mass is 35.5. The Morgan fingerprint density at radius 3 is 2.21 bits per heavy atom. The molecule has 0 bridgehead atoms. The van der Waals surface area contributed by atoms with Gasteiger partial charge in [-0.1, -0.05) is 29.8 Å². The van der Waals surface area contributed by atoms with E-state index in [0.29, 0.717) is 5.02 Å². The lowest BCUT2D eigenvalue weighted by molar-refractivity contribution is -0.120. The zero-order valence-corrected chi connectivity index (χ0v) is 16.8. The minimum absolute atomic E-state index is 0.0145. The van der Waals surface area contributed by atoms with Crippen molar-refractivity contribution >= 4 is 40.4 Å². The third kappa shape index (κ3) is 5.06. The summed E-state index contributed by atoms with van der Waals surface area (Å²) in [5, 5.41) is 7.02. The number of carbonyl (C=O) groups is 1. The average Bonchev–Trinajstić information content (AvgIpc) is 2.76. The van der Waals surface area contributed by atoms with E-state index in [9.17, 15) is 4.79 Å². The summed E-state index contributed by atoms with van der Waals surface area (Å²) in [5.74, 6) is 1.01. The van der Waals surface area contributed by atoms with Gasteiger partial charge in [0.05, 0.1) is 5.02 Å². The first-order valence-corrected chi connectivity index (χ1v) is 10.1. The van der Waals surface area contributed by atoms with Crippen LogP contribution < -0.4 is 15.5 Å². The fraction of sp³-hybridized carbons (Fsp3) is 0.217. The van der Waals surface area contributed by atoms with Crippen LogP contribution in [0.3, 0.4) is 0 Å². The van der Waals surface area contributed by atoms with Gasteiger partial charge in [-0.15, -0.1) is 0 Å². The van der Waals surface area contributed by atoms with Crippen LogP contribution in [-0.4, -0.2) is 24.0 Å². The number of aromatic nitrogens is 1. The Morgan fingerprint density at radius 2 is 1.55 bits per heavy atom. The van der Waals surface area contributed by atoms with E-state index in [1.165, 1.54) is 0 Å². The van der Waals surface area contributed by atoms with Gasteiger partial charge in [-0.3, -0.25) is 4.79 Å². The Bertz CT molecular complexity index is 937. The second-order valence-electron chi connectivity index (χ2n) is 7.15. The Balaban J connectivity index is 1.29. The normalized spacial score (nSPS) is 14.4. The van der Waals surface area contributed by atoms with Crippen molar-refractivity contribution in [1.82, 2.24) is 4.98 Å². The van der Waals surface area contributed by atoms with E-state index < -0.39 is 0 Å². The van der Waals surface area contributed by atoms with Gasteiger partial charge in [0.1, 0.15) is 5.82 Å². The smallest absolute Gasteiger partial charge is 0.227 e. The van der Waals surface area contributed by atoms with Crippen molar-refractivity contribution in [3.63, 3.8) is 0 Å². The second kappa shape index (κ2) is 8.97. The van der Waals surface area contributed by atoms with Crippen LogP contribution in [0.2, 0.25) is 5.02 Å².